The molecule has 0 aliphatic carbocycles. The molecule has 2 aromatic heterocycles. The number of aryl methyl sites for hydroxylation is 3. The highest BCUT2D eigenvalue weighted by Crippen LogP contribution is 2.18. The zero-order valence-electron chi connectivity index (χ0n) is 13.0. The Morgan fingerprint density at radius 2 is 2.00 bits per heavy atom. The van der Waals surface area contributed by atoms with Gasteiger partial charge in [-0.1, -0.05) is 17.7 Å². The molecule has 7 nitrogen and oxygen atoms in total. The summed E-state index contributed by atoms with van der Waals surface area (Å²) in [5, 5.41) is 17.4. The molecule has 0 unspecified atom stereocenters. The van der Waals surface area contributed by atoms with E-state index in [1.54, 1.807) is 6.07 Å². The van der Waals surface area contributed by atoms with E-state index in [-0.39, 0.29) is 12.3 Å². The van der Waals surface area contributed by atoms with Crippen LogP contribution in [-0.2, 0) is 11.2 Å². The molecule has 0 atom stereocenters. The molecule has 2 N–H and O–H groups in total. The van der Waals surface area contributed by atoms with E-state index in [0.29, 0.717) is 24.0 Å². The first-order chi connectivity index (χ1) is 11.1. The Morgan fingerprint density at radius 3 is 2.70 bits per heavy atom. The van der Waals surface area contributed by atoms with Crippen LogP contribution in [0.1, 0.15) is 23.6 Å². The third-order valence-corrected chi connectivity index (χ3v) is 3.30. The van der Waals surface area contributed by atoms with Crippen molar-refractivity contribution in [2.24, 2.45) is 0 Å². The van der Waals surface area contributed by atoms with Crippen molar-refractivity contribution in [3.05, 3.63) is 47.5 Å². The minimum absolute atomic E-state index is 0.147. The van der Waals surface area contributed by atoms with Crippen molar-refractivity contribution in [2.45, 2.75) is 26.7 Å². The normalized spacial score (nSPS) is 10.7. The van der Waals surface area contributed by atoms with Crippen molar-refractivity contribution < 1.29 is 9.21 Å². The van der Waals surface area contributed by atoms with Crippen LogP contribution in [0.15, 0.2) is 34.7 Å². The average Bonchev–Trinajstić information content (AvgIpc) is 3.15. The summed E-state index contributed by atoms with van der Waals surface area (Å²) in [6.45, 7) is 3.89. The van der Waals surface area contributed by atoms with Gasteiger partial charge in [0, 0.05) is 30.2 Å². The summed E-state index contributed by atoms with van der Waals surface area (Å²) in [7, 11) is 0. The van der Waals surface area contributed by atoms with Crippen LogP contribution in [0.5, 0.6) is 0 Å². The lowest BCUT2D eigenvalue weighted by molar-refractivity contribution is -0.116. The van der Waals surface area contributed by atoms with Crippen molar-refractivity contribution in [1.82, 2.24) is 20.4 Å². The summed E-state index contributed by atoms with van der Waals surface area (Å²) in [4.78, 5) is 11.9. The van der Waals surface area contributed by atoms with Crippen LogP contribution in [0.25, 0.3) is 11.5 Å². The minimum atomic E-state index is -0.147. The zero-order valence-corrected chi connectivity index (χ0v) is 13.0. The molecule has 2 heterocycles. The first-order valence-electron chi connectivity index (χ1n) is 7.31. The molecule has 0 aliphatic heterocycles. The number of carbonyl (C=O) groups is 1. The summed E-state index contributed by atoms with van der Waals surface area (Å²) in [6.07, 6.45) is 0.634. The molecule has 0 radical (unpaired) electrons. The van der Waals surface area contributed by atoms with E-state index in [2.05, 4.69) is 25.7 Å². The van der Waals surface area contributed by atoms with E-state index in [9.17, 15) is 4.79 Å². The monoisotopic (exact) mass is 311 g/mol. The minimum Gasteiger partial charge on any atom is -0.421 e. The van der Waals surface area contributed by atoms with Gasteiger partial charge in [0.1, 0.15) is 0 Å². The van der Waals surface area contributed by atoms with Crippen LogP contribution in [0.3, 0.4) is 0 Å². The maximum Gasteiger partial charge on any atom is 0.247 e. The van der Waals surface area contributed by atoms with Crippen molar-refractivity contribution in [2.75, 3.05) is 5.32 Å². The van der Waals surface area contributed by atoms with Crippen molar-refractivity contribution in [3.63, 3.8) is 0 Å². The Bertz CT molecular complexity index is 804. The number of amides is 1. The van der Waals surface area contributed by atoms with E-state index in [1.165, 1.54) is 5.56 Å². The Morgan fingerprint density at radius 1 is 1.22 bits per heavy atom. The van der Waals surface area contributed by atoms with Gasteiger partial charge in [-0.25, -0.2) is 0 Å². The molecule has 1 amide bonds. The number of hydrogen-bond acceptors (Lipinski definition) is 5. The highest BCUT2D eigenvalue weighted by Gasteiger charge is 2.11. The van der Waals surface area contributed by atoms with E-state index in [4.69, 9.17) is 4.42 Å². The van der Waals surface area contributed by atoms with Gasteiger partial charge in [0.15, 0.2) is 5.82 Å². The Balaban J connectivity index is 1.56. The second-order valence-electron chi connectivity index (χ2n) is 5.35. The molecule has 3 aromatic rings. The number of H-pyrrole nitrogens is 1. The summed E-state index contributed by atoms with van der Waals surface area (Å²) in [6, 6.07) is 9.59. The number of benzene rings is 1. The van der Waals surface area contributed by atoms with Crippen molar-refractivity contribution in [3.8, 4) is 11.5 Å². The van der Waals surface area contributed by atoms with Gasteiger partial charge in [0.05, 0.1) is 0 Å². The largest absolute Gasteiger partial charge is 0.421 e. The van der Waals surface area contributed by atoms with E-state index >= 15 is 0 Å². The summed E-state index contributed by atoms with van der Waals surface area (Å²) in [5.74, 6) is 1.27. The molecule has 23 heavy (non-hydrogen) atoms. The first kappa shape index (κ1) is 15.0. The van der Waals surface area contributed by atoms with Crippen molar-refractivity contribution >= 4 is 11.7 Å². The maximum atomic E-state index is 11.9. The molecule has 0 aliphatic rings. The topological polar surface area (TPSA) is 96.7 Å². The van der Waals surface area contributed by atoms with Crippen molar-refractivity contribution in [1.29, 1.82) is 0 Å². The Hall–Kier alpha value is -2.96. The summed E-state index contributed by atoms with van der Waals surface area (Å²) in [5.41, 5.74) is 2.92. The highest BCUT2D eigenvalue weighted by atomic mass is 16.4. The molecule has 118 valence electrons. The maximum absolute atomic E-state index is 11.9. The van der Waals surface area contributed by atoms with Crippen LogP contribution in [0.2, 0.25) is 0 Å². The SMILES string of the molecule is Cc1ccc(-c2nnc(CCC(=O)Nc3cc(C)[nH]n3)o2)cc1. The van der Waals surface area contributed by atoms with Gasteiger partial charge >= 0.3 is 0 Å². The number of rotatable bonds is 5. The predicted molar refractivity (Wildman–Crippen MR) is 84.7 cm³/mol. The van der Waals surface area contributed by atoms with E-state index < -0.39 is 0 Å². The third-order valence-electron chi connectivity index (χ3n) is 3.30. The fourth-order valence-corrected chi connectivity index (χ4v) is 2.08. The van der Waals surface area contributed by atoms with E-state index in [0.717, 1.165) is 11.3 Å². The lowest BCUT2D eigenvalue weighted by Gasteiger charge is -1.99. The van der Waals surface area contributed by atoms with Gasteiger partial charge in [-0.3, -0.25) is 9.89 Å². The molecular weight excluding hydrogens is 294 g/mol. The number of carbonyl (C=O) groups excluding carboxylic acids is 1. The number of aromatic amines is 1. The molecule has 0 saturated heterocycles. The van der Waals surface area contributed by atoms with E-state index in [1.807, 2.05) is 38.1 Å². The summed E-state index contributed by atoms with van der Waals surface area (Å²) < 4.78 is 5.59. The number of aromatic nitrogens is 4. The van der Waals surface area contributed by atoms with Gasteiger partial charge in [0.25, 0.3) is 0 Å². The number of anilines is 1. The second kappa shape index (κ2) is 6.43. The molecular formula is C16H17N5O2. The molecule has 0 spiro atoms. The second-order valence-corrected chi connectivity index (χ2v) is 5.35. The number of hydrogen-bond donors (Lipinski definition) is 2. The predicted octanol–water partition coefficient (Wildman–Crippen LogP) is 2.65. The van der Waals surface area contributed by atoms with Gasteiger partial charge in [-0.2, -0.15) is 5.10 Å². The Kier molecular flexibility index (Phi) is 4.18. The first-order valence-corrected chi connectivity index (χ1v) is 7.31. The lowest BCUT2D eigenvalue weighted by Crippen LogP contribution is -2.12. The smallest absolute Gasteiger partial charge is 0.247 e. The average molecular weight is 311 g/mol. The lowest BCUT2D eigenvalue weighted by atomic mass is 10.1. The summed E-state index contributed by atoms with van der Waals surface area (Å²) >= 11 is 0. The highest BCUT2D eigenvalue weighted by molar-refractivity contribution is 5.89. The van der Waals surface area contributed by atoms with Gasteiger partial charge in [0.2, 0.25) is 17.7 Å². The Labute approximate surface area is 133 Å². The molecule has 0 fully saturated rings. The fourth-order valence-electron chi connectivity index (χ4n) is 2.08. The molecule has 1 aromatic carbocycles. The zero-order chi connectivity index (χ0) is 16.2. The van der Waals surface area contributed by atoms with Gasteiger partial charge in [-0.15, -0.1) is 10.2 Å². The number of nitrogens with zero attached hydrogens (tertiary/aromatic N) is 3. The molecule has 0 saturated carbocycles. The molecule has 0 bridgehead atoms. The van der Waals surface area contributed by atoms with Gasteiger partial charge < -0.3 is 9.73 Å². The van der Waals surface area contributed by atoms with Crippen LogP contribution in [-0.4, -0.2) is 26.3 Å². The van der Waals surface area contributed by atoms with Crippen LogP contribution in [0.4, 0.5) is 5.82 Å². The van der Waals surface area contributed by atoms with Crippen LogP contribution < -0.4 is 5.32 Å². The standard InChI is InChI=1S/C16H17N5O2/c1-10-3-5-12(6-4-10)16-21-20-15(23-16)8-7-14(22)17-13-9-11(2)18-19-13/h3-6,9H,7-8H2,1-2H3,(H2,17,18,19,22). The quantitative estimate of drug-likeness (QED) is 0.755. The van der Waals surface area contributed by atoms with Crippen LogP contribution >= 0.6 is 0 Å². The molecule has 7 heteroatoms. The molecule has 3 rings (SSSR count). The van der Waals surface area contributed by atoms with Gasteiger partial charge in [-0.05, 0) is 26.0 Å². The fraction of sp³-hybridized carbons (Fsp3) is 0.250. The van der Waals surface area contributed by atoms with Crippen LogP contribution in [0, 0.1) is 13.8 Å². The third kappa shape index (κ3) is 3.82. The number of nitrogens with one attached hydrogen (secondary N) is 2.